The van der Waals surface area contributed by atoms with E-state index < -0.39 is 11.9 Å². The largest absolute Gasteiger partial charge is 0.492 e. The summed E-state index contributed by atoms with van der Waals surface area (Å²) in [6.07, 6.45) is 2.35. The number of aromatic nitrogens is 1. The number of nitrogens with zero attached hydrogens (tertiary/aromatic N) is 1. The average molecular weight is 271 g/mol. The van der Waals surface area contributed by atoms with Crippen LogP contribution in [-0.2, 0) is 0 Å². The number of carboxylic acids is 1. The van der Waals surface area contributed by atoms with Crippen molar-refractivity contribution in [3.63, 3.8) is 0 Å². The molecule has 0 saturated heterocycles. The van der Waals surface area contributed by atoms with Gasteiger partial charge in [0.25, 0.3) is 0 Å². The molecule has 1 aromatic heterocycles. The van der Waals surface area contributed by atoms with Crippen molar-refractivity contribution in [1.29, 1.82) is 0 Å². The third-order valence-corrected chi connectivity index (χ3v) is 3.18. The Labute approximate surface area is 109 Å². The molecule has 0 aliphatic heterocycles. The maximum absolute atomic E-state index is 13.2. The van der Waals surface area contributed by atoms with Gasteiger partial charge in [-0.1, -0.05) is 0 Å². The molecule has 0 amide bonds. The standard InChI is InChI=1S/C13H15F2NO3/c14-13(15)5-1-2-9(6-13)8-19-10-3-4-11(12(17)18)16-7-10/h3-4,7,9H,1-2,5-6,8H2,(H,17,18). The fourth-order valence-electron chi connectivity index (χ4n) is 2.22. The zero-order valence-electron chi connectivity index (χ0n) is 10.3. The first-order valence-electron chi connectivity index (χ1n) is 6.16. The first-order valence-corrected chi connectivity index (χ1v) is 6.16. The predicted octanol–water partition coefficient (Wildman–Crippen LogP) is 2.98. The van der Waals surface area contributed by atoms with Crippen molar-refractivity contribution in [3.05, 3.63) is 24.0 Å². The third-order valence-electron chi connectivity index (χ3n) is 3.18. The van der Waals surface area contributed by atoms with Crippen LogP contribution >= 0.6 is 0 Å². The van der Waals surface area contributed by atoms with Gasteiger partial charge >= 0.3 is 5.97 Å². The Morgan fingerprint density at radius 3 is 2.89 bits per heavy atom. The van der Waals surface area contributed by atoms with Crippen LogP contribution in [0.1, 0.15) is 36.2 Å². The number of ether oxygens (including phenoxy) is 1. The fraction of sp³-hybridized carbons (Fsp3) is 0.538. The lowest BCUT2D eigenvalue weighted by Gasteiger charge is -2.28. The van der Waals surface area contributed by atoms with Crippen molar-refractivity contribution in [2.24, 2.45) is 5.92 Å². The highest BCUT2D eigenvalue weighted by atomic mass is 19.3. The number of carbonyl (C=O) groups is 1. The summed E-state index contributed by atoms with van der Waals surface area (Å²) in [6, 6.07) is 2.81. The molecular weight excluding hydrogens is 256 g/mol. The van der Waals surface area contributed by atoms with Gasteiger partial charge in [0.15, 0.2) is 0 Å². The summed E-state index contributed by atoms with van der Waals surface area (Å²) in [7, 11) is 0. The first-order chi connectivity index (χ1) is 8.96. The number of aromatic carboxylic acids is 1. The number of hydrogen-bond acceptors (Lipinski definition) is 3. The van der Waals surface area contributed by atoms with Crippen LogP contribution < -0.4 is 4.74 Å². The van der Waals surface area contributed by atoms with E-state index in [9.17, 15) is 13.6 Å². The Balaban J connectivity index is 1.86. The van der Waals surface area contributed by atoms with Crippen molar-refractivity contribution >= 4 is 5.97 Å². The highest BCUT2D eigenvalue weighted by molar-refractivity contribution is 5.85. The van der Waals surface area contributed by atoms with Crippen LogP contribution in [0.4, 0.5) is 8.78 Å². The molecule has 0 bridgehead atoms. The van der Waals surface area contributed by atoms with E-state index in [0.717, 1.165) is 6.42 Å². The molecule has 1 atom stereocenters. The summed E-state index contributed by atoms with van der Waals surface area (Å²) in [6.45, 7) is 0.212. The molecule has 1 aromatic rings. The molecule has 2 rings (SSSR count). The topological polar surface area (TPSA) is 59.4 Å². The van der Waals surface area contributed by atoms with E-state index in [2.05, 4.69) is 4.98 Å². The van der Waals surface area contributed by atoms with Crippen molar-refractivity contribution in [1.82, 2.24) is 4.98 Å². The Morgan fingerprint density at radius 2 is 2.32 bits per heavy atom. The minimum atomic E-state index is -2.59. The SMILES string of the molecule is O=C(O)c1ccc(OCC2CCCC(F)(F)C2)cn1. The first kappa shape index (κ1) is 13.7. The molecule has 4 nitrogen and oxygen atoms in total. The minimum absolute atomic E-state index is 0.0433. The molecule has 0 spiro atoms. The zero-order valence-corrected chi connectivity index (χ0v) is 10.3. The fourth-order valence-corrected chi connectivity index (χ4v) is 2.22. The number of rotatable bonds is 4. The smallest absolute Gasteiger partial charge is 0.354 e. The molecule has 104 valence electrons. The lowest BCUT2D eigenvalue weighted by molar-refractivity contribution is -0.0585. The van der Waals surface area contributed by atoms with Gasteiger partial charge in [-0.3, -0.25) is 0 Å². The lowest BCUT2D eigenvalue weighted by Crippen LogP contribution is -2.29. The third kappa shape index (κ3) is 3.87. The average Bonchev–Trinajstić information content (AvgIpc) is 2.36. The molecule has 1 heterocycles. The number of hydrogen-bond donors (Lipinski definition) is 1. The summed E-state index contributed by atoms with van der Waals surface area (Å²) in [5.41, 5.74) is -0.0726. The maximum Gasteiger partial charge on any atom is 0.354 e. The van der Waals surface area contributed by atoms with Crippen LogP contribution in [0.25, 0.3) is 0 Å². The van der Waals surface area contributed by atoms with Crippen LogP contribution in [0, 0.1) is 5.92 Å². The van der Waals surface area contributed by atoms with Crippen LogP contribution in [0.3, 0.4) is 0 Å². The van der Waals surface area contributed by atoms with E-state index in [4.69, 9.17) is 9.84 Å². The normalized spacial score (nSPS) is 21.9. The van der Waals surface area contributed by atoms with Crippen molar-refractivity contribution in [2.75, 3.05) is 6.61 Å². The van der Waals surface area contributed by atoms with E-state index >= 15 is 0 Å². The Hall–Kier alpha value is -1.72. The van der Waals surface area contributed by atoms with Gasteiger partial charge in [-0.15, -0.1) is 0 Å². The molecule has 1 unspecified atom stereocenters. The van der Waals surface area contributed by atoms with E-state index in [-0.39, 0.29) is 31.1 Å². The molecule has 19 heavy (non-hydrogen) atoms. The van der Waals surface area contributed by atoms with Gasteiger partial charge in [0, 0.05) is 12.8 Å². The number of halogens is 2. The van der Waals surface area contributed by atoms with Crippen LogP contribution in [-0.4, -0.2) is 28.6 Å². The molecular formula is C13H15F2NO3. The van der Waals surface area contributed by atoms with E-state index in [1.54, 1.807) is 0 Å². The van der Waals surface area contributed by atoms with Gasteiger partial charge < -0.3 is 9.84 Å². The van der Waals surface area contributed by atoms with Crippen LogP contribution in [0.2, 0.25) is 0 Å². The van der Waals surface area contributed by atoms with Crippen molar-refractivity contribution in [3.8, 4) is 5.75 Å². The molecule has 1 N–H and O–H groups in total. The van der Waals surface area contributed by atoms with E-state index in [1.807, 2.05) is 0 Å². The Morgan fingerprint density at radius 1 is 1.53 bits per heavy atom. The summed E-state index contributed by atoms with van der Waals surface area (Å²) < 4.78 is 31.8. The highest BCUT2D eigenvalue weighted by Crippen LogP contribution is 2.36. The molecule has 1 aliphatic carbocycles. The van der Waals surface area contributed by atoms with E-state index in [0.29, 0.717) is 12.2 Å². The predicted molar refractivity (Wildman–Crippen MR) is 63.6 cm³/mol. The Bertz CT molecular complexity index is 448. The Kier molecular flexibility index (Phi) is 3.97. The molecule has 1 aliphatic rings. The maximum atomic E-state index is 13.2. The number of alkyl halides is 2. The second-order valence-corrected chi connectivity index (χ2v) is 4.81. The number of pyridine rings is 1. The molecule has 0 radical (unpaired) electrons. The van der Waals surface area contributed by atoms with Gasteiger partial charge in [0.2, 0.25) is 5.92 Å². The second-order valence-electron chi connectivity index (χ2n) is 4.81. The summed E-state index contributed by atoms with van der Waals surface area (Å²) >= 11 is 0. The van der Waals surface area contributed by atoms with Crippen molar-refractivity contribution < 1.29 is 23.4 Å². The molecule has 0 aromatic carbocycles. The van der Waals surface area contributed by atoms with Crippen LogP contribution in [0.5, 0.6) is 5.75 Å². The van der Waals surface area contributed by atoms with Gasteiger partial charge in [-0.2, -0.15) is 0 Å². The summed E-state index contributed by atoms with van der Waals surface area (Å²) in [4.78, 5) is 14.3. The van der Waals surface area contributed by atoms with Crippen LogP contribution in [0.15, 0.2) is 18.3 Å². The van der Waals surface area contributed by atoms with E-state index in [1.165, 1.54) is 18.3 Å². The van der Waals surface area contributed by atoms with Gasteiger partial charge in [-0.25, -0.2) is 18.6 Å². The summed E-state index contributed by atoms with van der Waals surface area (Å²) in [5.74, 6) is -3.46. The zero-order chi connectivity index (χ0) is 13.9. The second kappa shape index (κ2) is 5.50. The molecule has 6 heteroatoms. The molecule has 1 saturated carbocycles. The van der Waals surface area contributed by atoms with Gasteiger partial charge in [0.1, 0.15) is 11.4 Å². The van der Waals surface area contributed by atoms with Crippen molar-refractivity contribution in [2.45, 2.75) is 31.6 Å². The van der Waals surface area contributed by atoms with Gasteiger partial charge in [0.05, 0.1) is 12.8 Å². The number of carboxylic acid groups (broad SMARTS) is 1. The quantitative estimate of drug-likeness (QED) is 0.914. The lowest BCUT2D eigenvalue weighted by atomic mass is 9.87. The van der Waals surface area contributed by atoms with Gasteiger partial charge in [-0.05, 0) is 30.9 Å². The minimum Gasteiger partial charge on any atom is -0.492 e. The molecule has 1 fully saturated rings. The summed E-state index contributed by atoms with van der Waals surface area (Å²) in [5, 5.41) is 8.68. The monoisotopic (exact) mass is 271 g/mol. The highest BCUT2D eigenvalue weighted by Gasteiger charge is 2.36.